The topological polar surface area (TPSA) is 67.1 Å². The van der Waals surface area contributed by atoms with Crippen LogP contribution in [0, 0.1) is 0 Å². The van der Waals surface area contributed by atoms with Crippen molar-refractivity contribution in [2.45, 2.75) is 6.92 Å². The summed E-state index contributed by atoms with van der Waals surface area (Å²) >= 11 is 0. The van der Waals surface area contributed by atoms with Gasteiger partial charge in [0.25, 0.3) is 0 Å². The third kappa shape index (κ3) is 4.49. The first-order valence-electron chi connectivity index (χ1n) is 8.91. The second-order valence-corrected chi connectivity index (χ2v) is 6.24. The van der Waals surface area contributed by atoms with Crippen molar-refractivity contribution in [2.24, 2.45) is 0 Å². The Balaban J connectivity index is 1.67. The number of pyridine rings is 1. The minimum Gasteiger partial charge on any atom is -0.384 e. The van der Waals surface area contributed by atoms with Gasteiger partial charge in [0.05, 0.1) is 26.4 Å². The Morgan fingerprint density at radius 1 is 1.08 bits per heavy atom. The van der Waals surface area contributed by atoms with E-state index >= 15 is 0 Å². The molecular weight excluding hydrogens is 306 g/mol. The van der Waals surface area contributed by atoms with E-state index in [2.05, 4.69) is 32.7 Å². The highest BCUT2D eigenvalue weighted by Crippen LogP contribution is 2.24. The van der Waals surface area contributed by atoms with Crippen LogP contribution in [-0.2, 0) is 9.47 Å². The average molecular weight is 335 g/mol. The van der Waals surface area contributed by atoms with Crippen molar-refractivity contribution >= 4 is 17.3 Å². The van der Waals surface area contributed by atoms with Gasteiger partial charge in [-0.15, -0.1) is 0 Å². The number of rotatable bonds is 6. The molecule has 2 saturated heterocycles. The van der Waals surface area contributed by atoms with E-state index < -0.39 is 0 Å². The second kappa shape index (κ2) is 8.50. The summed E-state index contributed by atoms with van der Waals surface area (Å²) in [6.07, 6.45) is 0. The summed E-state index contributed by atoms with van der Waals surface area (Å²) in [5.41, 5.74) is 7.22. The fourth-order valence-electron chi connectivity index (χ4n) is 3.21. The summed E-state index contributed by atoms with van der Waals surface area (Å²) in [7, 11) is 0. The smallest absolute Gasteiger partial charge is 0.133 e. The van der Waals surface area contributed by atoms with Gasteiger partial charge in [0.2, 0.25) is 0 Å². The van der Waals surface area contributed by atoms with Gasteiger partial charge in [-0.25, -0.2) is 4.98 Å². The standard InChI is InChI=1S/C17H29N5O2/c1-2-21(4-3-20-5-9-23-10-6-20)17-14-15(13-16(18)19-17)22-7-11-24-12-8-22/h13-14H,2-12H2,1H3,(H2,18,19). The molecule has 1 aromatic heterocycles. The Kier molecular flexibility index (Phi) is 6.12. The van der Waals surface area contributed by atoms with E-state index in [4.69, 9.17) is 15.2 Å². The molecule has 0 atom stereocenters. The number of nitrogens with zero attached hydrogens (tertiary/aromatic N) is 4. The number of nitrogen functional groups attached to an aromatic ring is 1. The van der Waals surface area contributed by atoms with E-state index in [-0.39, 0.29) is 0 Å². The molecule has 0 bridgehead atoms. The monoisotopic (exact) mass is 335 g/mol. The highest BCUT2D eigenvalue weighted by Gasteiger charge is 2.16. The molecule has 2 fully saturated rings. The maximum Gasteiger partial charge on any atom is 0.133 e. The number of aromatic nitrogens is 1. The second-order valence-electron chi connectivity index (χ2n) is 6.24. The van der Waals surface area contributed by atoms with Crippen LogP contribution in [0.25, 0.3) is 0 Å². The molecule has 7 heteroatoms. The predicted octanol–water partition coefficient (Wildman–Crippen LogP) is 0.659. The van der Waals surface area contributed by atoms with Gasteiger partial charge in [0.15, 0.2) is 0 Å². The van der Waals surface area contributed by atoms with E-state index in [1.54, 1.807) is 0 Å². The molecule has 3 rings (SSSR count). The SMILES string of the molecule is CCN(CCN1CCOCC1)c1cc(N2CCOCC2)cc(N)n1. The van der Waals surface area contributed by atoms with Gasteiger partial charge in [0.1, 0.15) is 11.6 Å². The Morgan fingerprint density at radius 3 is 2.42 bits per heavy atom. The van der Waals surface area contributed by atoms with Gasteiger partial charge in [0, 0.05) is 63.6 Å². The van der Waals surface area contributed by atoms with Gasteiger partial charge in [-0.05, 0) is 6.92 Å². The maximum absolute atomic E-state index is 6.07. The molecule has 134 valence electrons. The molecule has 7 nitrogen and oxygen atoms in total. The lowest BCUT2D eigenvalue weighted by Crippen LogP contribution is -2.41. The third-order valence-corrected chi connectivity index (χ3v) is 4.69. The van der Waals surface area contributed by atoms with Crippen LogP contribution in [0.15, 0.2) is 12.1 Å². The number of likely N-dealkylation sites (N-methyl/N-ethyl adjacent to an activating group) is 1. The van der Waals surface area contributed by atoms with Crippen LogP contribution in [-0.4, -0.2) is 82.1 Å². The van der Waals surface area contributed by atoms with Crippen LogP contribution in [0.3, 0.4) is 0 Å². The summed E-state index contributed by atoms with van der Waals surface area (Å²) in [5.74, 6) is 1.55. The molecular formula is C17H29N5O2. The van der Waals surface area contributed by atoms with Crippen molar-refractivity contribution in [1.29, 1.82) is 0 Å². The summed E-state index contributed by atoms with van der Waals surface area (Å²) < 4.78 is 10.9. The molecule has 0 saturated carbocycles. The highest BCUT2D eigenvalue weighted by molar-refractivity contribution is 5.61. The molecule has 0 spiro atoms. The van der Waals surface area contributed by atoms with Gasteiger partial charge in [-0.3, -0.25) is 4.90 Å². The minimum atomic E-state index is 0.582. The summed E-state index contributed by atoms with van der Waals surface area (Å²) in [6.45, 7) is 12.1. The Morgan fingerprint density at radius 2 is 1.75 bits per heavy atom. The lowest BCUT2D eigenvalue weighted by Gasteiger charge is -2.32. The number of anilines is 3. The van der Waals surface area contributed by atoms with Crippen LogP contribution >= 0.6 is 0 Å². The first-order valence-corrected chi connectivity index (χ1v) is 8.91. The van der Waals surface area contributed by atoms with Crippen molar-refractivity contribution in [3.8, 4) is 0 Å². The van der Waals surface area contributed by atoms with Crippen LogP contribution in [0.4, 0.5) is 17.3 Å². The number of ether oxygens (including phenoxy) is 2. The molecule has 0 amide bonds. The molecule has 0 aromatic carbocycles. The van der Waals surface area contributed by atoms with Crippen LogP contribution in [0.1, 0.15) is 6.92 Å². The molecule has 24 heavy (non-hydrogen) atoms. The van der Waals surface area contributed by atoms with Crippen molar-refractivity contribution < 1.29 is 9.47 Å². The first-order chi connectivity index (χ1) is 11.8. The fourth-order valence-corrected chi connectivity index (χ4v) is 3.21. The van der Waals surface area contributed by atoms with Crippen molar-refractivity contribution in [3.05, 3.63) is 12.1 Å². The summed E-state index contributed by atoms with van der Waals surface area (Å²) in [4.78, 5) is 11.6. The molecule has 3 heterocycles. The lowest BCUT2D eigenvalue weighted by molar-refractivity contribution is 0.0392. The number of hydrogen-bond donors (Lipinski definition) is 1. The van der Waals surface area contributed by atoms with E-state index in [0.717, 1.165) is 83.7 Å². The Hall–Kier alpha value is -1.57. The number of morpholine rings is 2. The van der Waals surface area contributed by atoms with E-state index in [0.29, 0.717) is 5.82 Å². The first kappa shape index (κ1) is 17.3. The largest absolute Gasteiger partial charge is 0.384 e. The van der Waals surface area contributed by atoms with Crippen molar-refractivity contribution in [2.75, 3.05) is 87.8 Å². The van der Waals surface area contributed by atoms with Crippen LogP contribution in [0.2, 0.25) is 0 Å². The average Bonchev–Trinajstić information content (AvgIpc) is 2.63. The van der Waals surface area contributed by atoms with E-state index in [9.17, 15) is 0 Å². The number of nitrogens with two attached hydrogens (primary N) is 1. The summed E-state index contributed by atoms with van der Waals surface area (Å²) in [6, 6.07) is 4.12. The molecule has 0 aliphatic carbocycles. The van der Waals surface area contributed by atoms with Gasteiger partial charge in [-0.2, -0.15) is 0 Å². The minimum absolute atomic E-state index is 0.582. The molecule has 0 unspecified atom stereocenters. The molecule has 1 aromatic rings. The maximum atomic E-state index is 6.07. The van der Waals surface area contributed by atoms with Gasteiger partial charge < -0.3 is 25.0 Å². The Labute approximate surface area is 144 Å². The zero-order valence-electron chi connectivity index (χ0n) is 14.6. The zero-order chi connectivity index (χ0) is 16.8. The third-order valence-electron chi connectivity index (χ3n) is 4.69. The highest BCUT2D eigenvalue weighted by atomic mass is 16.5. The molecule has 0 radical (unpaired) electrons. The zero-order valence-corrected chi connectivity index (χ0v) is 14.6. The normalized spacial score (nSPS) is 19.5. The molecule has 2 aliphatic rings. The molecule has 2 aliphatic heterocycles. The van der Waals surface area contributed by atoms with E-state index in [1.807, 2.05) is 6.07 Å². The quantitative estimate of drug-likeness (QED) is 0.819. The van der Waals surface area contributed by atoms with Crippen molar-refractivity contribution in [1.82, 2.24) is 9.88 Å². The van der Waals surface area contributed by atoms with Crippen LogP contribution in [0.5, 0.6) is 0 Å². The summed E-state index contributed by atoms with van der Waals surface area (Å²) in [5, 5.41) is 0. The predicted molar refractivity (Wildman–Crippen MR) is 96.8 cm³/mol. The fraction of sp³-hybridized carbons (Fsp3) is 0.706. The lowest BCUT2D eigenvalue weighted by atomic mass is 10.2. The Bertz CT molecular complexity index is 516. The van der Waals surface area contributed by atoms with Gasteiger partial charge >= 0.3 is 0 Å². The van der Waals surface area contributed by atoms with Gasteiger partial charge in [-0.1, -0.05) is 0 Å². The van der Waals surface area contributed by atoms with Crippen LogP contribution < -0.4 is 15.5 Å². The van der Waals surface area contributed by atoms with E-state index in [1.165, 1.54) is 0 Å². The van der Waals surface area contributed by atoms with Crippen molar-refractivity contribution in [3.63, 3.8) is 0 Å². The number of hydrogen-bond acceptors (Lipinski definition) is 7. The molecule has 2 N–H and O–H groups in total.